The molecule has 8 heteroatoms. The van der Waals surface area contributed by atoms with E-state index in [0.29, 0.717) is 24.3 Å². The molecular weight excluding hydrogens is 475 g/mol. The van der Waals surface area contributed by atoms with Crippen LogP contribution < -0.4 is 0 Å². The quantitative estimate of drug-likeness (QED) is 0.238. The number of halogens is 3. The summed E-state index contributed by atoms with van der Waals surface area (Å²) in [6, 6.07) is 17.5. The fourth-order valence-corrected chi connectivity index (χ4v) is 5.36. The first-order chi connectivity index (χ1) is 17.7. The molecular formula is C29H30F3N5. The molecule has 0 bridgehead atoms. The highest BCUT2D eigenvalue weighted by molar-refractivity contribution is 5.81. The number of pyridine rings is 1. The van der Waals surface area contributed by atoms with Crippen LogP contribution in [0.15, 0.2) is 60.8 Å². The lowest BCUT2D eigenvalue weighted by molar-refractivity contribution is -0.141. The molecule has 0 N–H and O–H groups in total. The van der Waals surface area contributed by atoms with E-state index >= 15 is 0 Å². The van der Waals surface area contributed by atoms with Gasteiger partial charge in [-0.1, -0.05) is 55.0 Å². The highest BCUT2D eigenvalue weighted by atomic mass is 19.4. The van der Waals surface area contributed by atoms with Gasteiger partial charge < -0.3 is 0 Å². The Morgan fingerprint density at radius 1 is 0.919 bits per heavy atom. The normalized spacial score (nSPS) is 12.3. The van der Waals surface area contributed by atoms with E-state index in [1.165, 1.54) is 0 Å². The average Bonchev–Trinajstić information content (AvgIpc) is 3.35. The van der Waals surface area contributed by atoms with E-state index in [1.807, 2.05) is 76.2 Å². The van der Waals surface area contributed by atoms with Gasteiger partial charge >= 0.3 is 6.18 Å². The molecule has 0 amide bonds. The van der Waals surface area contributed by atoms with Crippen molar-refractivity contribution in [2.75, 3.05) is 6.54 Å². The number of imidazole rings is 2. The number of alkyl halides is 3. The van der Waals surface area contributed by atoms with E-state index in [4.69, 9.17) is 0 Å². The van der Waals surface area contributed by atoms with Gasteiger partial charge in [-0.05, 0) is 62.6 Å². The van der Waals surface area contributed by atoms with Gasteiger partial charge in [0.1, 0.15) is 0 Å². The SMILES string of the molecule is CCCN(Cc1ccccc1)Cc1c(C(F)(F)F)nc2n(-c3c(C)cc(C)cc3C)c3ncccc3n12. The van der Waals surface area contributed by atoms with Crippen LogP contribution in [0.1, 0.15) is 47.0 Å². The van der Waals surface area contributed by atoms with Crippen LogP contribution in [0.5, 0.6) is 0 Å². The van der Waals surface area contributed by atoms with E-state index in [9.17, 15) is 13.2 Å². The second-order valence-corrected chi connectivity index (χ2v) is 9.67. The van der Waals surface area contributed by atoms with Crippen molar-refractivity contribution in [3.8, 4) is 5.69 Å². The third kappa shape index (κ3) is 4.62. The fraction of sp³-hybridized carbons (Fsp3) is 0.310. The lowest BCUT2D eigenvalue weighted by Gasteiger charge is -2.22. The van der Waals surface area contributed by atoms with Crippen LogP contribution in [0, 0.1) is 20.8 Å². The van der Waals surface area contributed by atoms with E-state index < -0.39 is 11.9 Å². The molecule has 0 atom stereocenters. The molecule has 0 spiro atoms. The maximum absolute atomic E-state index is 14.5. The minimum absolute atomic E-state index is 0.110. The second-order valence-electron chi connectivity index (χ2n) is 9.67. The van der Waals surface area contributed by atoms with Gasteiger partial charge in [0, 0.05) is 19.3 Å². The summed E-state index contributed by atoms with van der Waals surface area (Å²) in [5.74, 6) is 0.224. The monoisotopic (exact) mass is 505 g/mol. The summed E-state index contributed by atoms with van der Waals surface area (Å²) in [7, 11) is 0. The summed E-state index contributed by atoms with van der Waals surface area (Å²) < 4.78 is 46.8. The largest absolute Gasteiger partial charge is 0.435 e. The Morgan fingerprint density at radius 2 is 1.62 bits per heavy atom. The molecule has 0 saturated heterocycles. The van der Waals surface area contributed by atoms with Crippen molar-refractivity contribution >= 4 is 16.9 Å². The molecule has 37 heavy (non-hydrogen) atoms. The summed E-state index contributed by atoms with van der Waals surface area (Å²) in [5.41, 5.74) is 5.34. The molecule has 2 aromatic carbocycles. The van der Waals surface area contributed by atoms with Crippen LogP contribution in [0.25, 0.3) is 22.6 Å². The third-order valence-corrected chi connectivity index (χ3v) is 6.66. The molecule has 3 aromatic heterocycles. The second kappa shape index (κ2) is 9.67. The van der Waals surface area contributed by atoms with Gasteiger partial charge in [-0.3, -0.25) is 13.9 Å². The summed E-state index contributed by atoms with van der Waals surface area (Å²) in [6.07, 6.45) is -2.11. The molecule has 0 aliphatic rings. The van der Waals surface area contributed by atoms with Crippen molar-refractivity contribution in [2.24, 2.45) is 0 Å². The molecule has 0 radical (unpaired) electrons. The van der Waals surface area contributed by atoms with Crippen LogP contribution in [0.4, 0.5) is 13.2 Å². The Bertz CT molecular complexity index is 1540. The molecule has 0 aliphatic carbocycles. The molecule has 5 nitrogen and oxygen atoms in total. The summed E-state index contributed by atoms with van der Waals surface area (Å²) in [5, 5.41) is 0. The Morgan fingerprint density at radius 3 is 2.27 bits per heavy atom. The minimum Gasteiger partial charge on any atom is -0.293 e. The summed E-state index contributed by atoms with van der Waals surface area (Å²) >= 11 is 0. The van der Waals surface area contributed by atoms with Crippen LogP contribution in [0.2, 0.25) is 0 Å². The number of nitrogens with zero attached hydrogens (tertiary/aromatic N) is 5. The number of fused-ring (bicyclic) bond motifs is 3. The molecule has 192 valence electrons. The smallest absolute Gasteiger partial charge is 0.293 e. The highest BCUT2D eigenvalue weighted by Gasteiger charge is 2.40. The van der Waals surface area contributed by atoms with Crippen molar-refractivity contribution in [2.45, 2.75) is 53.4 Å². The van der Waals surface area contributed by atoms with Gasteiger partial charge in [0.2, 0.25) is 5.78 Å². The van der Waals surface area contributed by atoms with Gasteiger partial charge in [-0.2, -0.15) is 13.2 Å². The van der Waals surface area contributed by atoms with Crippen molar-refractivity contribution in [1.29, 1.82) is 0 Å². The number of rotatable bonds is 7. The lowest BCUT2D eigenvalue weighted by Crippen LogP contribution is -2.26. The third-order valence-electron chi connectivity index (χ3n) is 6.66. The maximum Gasteiger partial charge on any atom is 0.435 e. The highest BCUT2D eigenvalue weighted by Crippen LogP contribution is 2.37. The number of aryl methyl sites for hydroxylation is 3. The Balaban J connectivity index is 1.77. The van der Waals surface area contributed by atoms with E-state index in [1.54, 1.807) is 21.2 Å². The standard InChI is InChI=1S/C29H30F3N5/c1-5-14-35(17-22-10-7-6-8-11-22)18-24-26(29(30,31)32)34-28-36(24)23-12-9-13-33-27(23)37(28)25-20(3)15-19(2)16-21(25)4/h6-13,15-16H,5,14,17-18H2,1-4H3. The zero-order valence-corrected chi connectivity index (χ0v) is 21.5. The van der Waals surface area contributed by atoms with E-state index in [0.717, 1.165) is 34.4 Å². The Kier molecular flexibility index (Phi) is 6.54. The van der Waals surface area contributed by atoms with Crippen LogP contribution in [-0.2, 0) is 19.3 Å². The summed E-state index contributed by atoms with van der Waals surface area (Å²) in [6.45, 7) is 9.30. The van der Waals surface area contributed by atoms with Crippen molar-refractivity contribution in [1.82, 2.24) is 23.8 Å². The van der Waals surface area contributed by atoms with Gasteiger partial charge in [-0.25, -0.2) is 9.97 Å². The molecule has 3 heterocycles. The maximum atomic E-state index is 14.5. The van der Waals surface area contributed by atoms with E-state index in [-0.39, 0.29) is 18.0 Å². The van der Waals surface area contributed by atoms with Crippen molar-refractivity contribution in [3.63, 3.8) is 0 Å². The van der Waals surface area contributed by atoms with E-state index in [2.05, 4.69) is 14.9 Å². The Labute approximate surface area is 214 Å². The molecule has 0 unspecified atom stereocenters. The predicted octanol–water partition coefficient (Wildman–Crippen LogP) is 7.03. The van der Waals surface area contributed by atoms with Crippen LogP contribution in [-0.4, -0.2) is 30.4 Å². The zero-order chi connectivity index (χ0) is 26.3. The van der Waals surface area contributed by atoms with Crippen LogP contribution >= 0.6 is 0 Å². The lowest BCUT2D eigenvalue weighted by atomic mass is 10.1. The fourth-order valence-electron chi connectivity index (χ4n) is 5.36. The van der Waals surface area contributed by atoms with Gasteiger partial charge in [-0.15, -0.1) is 0 Å². The predicted molar refractivity (Wildman–Crippen MR) is 140 cm³/mol. The topological polar surface area (TPSA) is 38.4 Å². The number of hydrogen-bond donors (Lipinski definition) is 0. The van der Waals surface area contributed by atoms with Crippen molar-refractivity contribution < 1.29 is 13.2 Å². The zero-order valence-electron chi connectivity index (χ0n) is 21.5. The van der Waals surface area contributed by atoms with Gasteiger partial charge in [0.15, 0.2) is 11.3 Å². The average molecular weight is 506 g/mol. The van der Waals surface area contributed by atoms with Gasteiger partial charge in [0.25, 0.3) is 0 Å². The first-order valence-corrected chi connectivity index (χ1v) is 12.5. The van der Waals surface area contributed by atoms with Gasteiger partial charge in [0.05, 0.1) is 16.9 Å². The molecule has 0 aliphatic heterocycles. The Hall–Kier alpha value is -3.65. The molecule has 5 aromatic rings. The number of benzene rings is 2. The molecule has 0 saturated carbocycles. The first kappa shape index (κ1) is 25.0. The molecule has 0 fully saturated rings. The molecule has 5 rings (SSSR count). The summed E-state index contributed by atoms with van der Waals surface area (Å²) in [4.78, 5) is 10.9. The first-order valence-electron chi connectivity index (χ1n) is 12.5. The number of aromatic nitrogens is 4. The van der Waals surface area contributed by atoms with Crippen LogP contribution in [0.3, 0.4) is 0 Å². The number of hydrogen-bond acceptors (Lipinski definition) is 3. The minimum atomic E-state index is -4.59. The van der Waals surface area contributed by atoms with Crippen molar-refractivity contribution in [3.05, 3.63) is 94.4 Å².